The van der Waals surface area contributed by atoms with E-state index in [0.717, 1.165) is 57.4 Å². The molecule has 0 aromatic heterocycles. The Hall–Kier alpha value is -1.37. The molecule has 2 N–H and O–H groups in total. The highest BCUT2D eigenvalue weighted by Gasteiger charge is 2.23. The third-order valence-corrected chi connectivity index (χ3v) is 4.03. The summed E-state index contributed by atoms with van der Waals surface area (Å²) in [5.41, 5.74) is 7.78. The molecule has 0 amide bonds. The summed E-state index contributed by atoms with van der Waals surface area (Å²) in [5.74, 6) is 0.555. The summed E-state index contributed by atoms with van der Waals surface area (Å²) in [6.07, 6.45) is 12.5. The van der Waals surface area contributed by atoms with Crippen LogP contribution in [0.15, 0.2) is 35.5 Å². The minimum absolute atomic E-state index is 0.555. The van der Waals surface area contributed by atoms with Crippen LogP contribution in [0, 0.1) is 17.2 Å². The van der Waals surface area contributed by atoms with E-state index < -0.39 is 0 Å². The van der Waals surface area contributed by atoms with Crippen LogP contribution in [0.25, 0.3) is 0 Å². The van der Waals surface area contributed by atoms with Crippen LogP contribution in [-0.2, 0) is 0 Å². The highest BCUT2D eigenvalue weighted by atomic mass is 15.1. The molecule has 1 saturated heterocycles. The molecule has 3 heteroatoms. The van der Waals surface area contributed by atoms with Gasteiger partial charge >= 0.3 is 0 Å². The van der Waals surface area contributed by atoms with Crippen molar-refractivity contribution in [2.45, 2.75) is 25.7 Å². The van der Waals surface area contributed by atoms with Gasteiger partial charge in [0.15, 0.2) is 0 Å². The van der Waals surface area contributed by atoms with Gasteiger partial charge in [-0.15, -0.1) is 0 Å². The maximum Gasteiger partial charge on any atom is 0.0953 e. The molecule has 0 atom stereocenters. The Kier molecular flexibility index (Phi) is 5.38. The van der Waals surface area contributed by atoms with Gasteiger partial charge in [-0.05, 0) is 56.9 Å². The van der Waals surface area contributed by atoms with Crippen molar-refractivity contribution in [2.24, 2.45) is 11.7 Å². The number of hydrogen-bond donors (Lipinski definition) is 1. The van der Waals surface area contributed by atoms with Gasteiger partial charge in [-0.2, -0.15) is 5.26 Å². The van der Waals surface area contributed by atoms with Crippen molar-refractivity contribution in [3.8, 4) is 6.07 Å². The summed E-state index contributed by atoms with van der Waals surface area (Å²) in [4.78, 5) is 2.49. The molecule has 0 radical (unpaired) electrons. The van der Waals surface area contributed by atoms with Crippen molar-refractivity contribution in [2.75, 3.05) is 26.2 Å². The van der Waals surface area contributed by atoms with Crippen LogP contribution in [-0.4, -0.2) is 31.1 Å². The van der Waals surface area contributed by atoms with E-state index in [1.54, 1.807) is 0 Å². The first kappa shape index (κ1) is 14.0. The molecule has 0 unspecified atom stereocenters. The molecule has 19 heavy (non-hydrogen) atoms. The lowest BCUT2D eigenvalue weighted by Crippen LogP contribution is -2.35. The van der Waals surface area contributed by atoms with Crippen LogP contribution in [0.4, 0.5) is 0 Å². The van der Waals surface area contributed by atoms with Crippen LogP contribution in [0.1, 0.15) is 25.7 Å². The summed E-state index contributed by atoms with van der Waals surface area (Å²) in [5, 5.41) is 9.29. The number of allylic oxidation sites excluding steroid dienone is 6. The standard InChI is InChI=1S/C16H23N3/c17-9-4-10-19-11-7-14(8-12-19)16-6-3-1-2-5-15(16)13-18/h1-3,6,14H,4-5,7-12,17H2. The van der Waals surface area contributed by atoms with E-state index >= 15 is 0 Å². The highest BCUT2D eigenvalue weighted by Crippen LogP contribution is 2.30. The average molecular weight is 257 g/mol. The first-order chi connectivity index (χ1) is 9.35. The molecule has 2 aliphatic rings. The fourth-order valence-corrected chi connectivity index (χ4v) is 2.92. The second kappa shape index (κ2) is 7.28. The van der Waals surface area contributed by atoms with E-state index in [-0.39, 0.29) is 0 Å². The van der Waals surface area contributed by atoms with E-state index in [9.17, 15) is 5.26 Å². The Balaban J connectivity index is 1.97. The first-order valence-electron chi connectivity index (χ1n) is 7.24. The lowest BCUT2D eigenvalue weighted by atomic mass is 9.85. The molecule has 0 aromatic rings. The Bertz CT molecular complexity index is 418. The smallest absolute Gasteiger partial charge is 0.0953 e. The number of nitrogens with zero attached hydrogens (tertiary/aromatic N) is 2. The number of likely N-dealkylation sites (tertiary alicyclic amines) is 1. The summed E-state index contributed by atoms with van der Waals surface area (Å²) >= 11 is 0. The Morgan fingerprint density at radius 1 is 1.32 bits per heavy atom. The molecule has 3 nitrogen and oxygen atoms in total. The molecule has 0 bridgehead atoms. The molecule has 1 aliphatic carbocycles. The number of hydrogen-bond acceptors (Lipinski definition) is 3. The van der Waals surface area contributed by atoms with Crippen molar-refractivity contribution >= 4 is 0 Å². The van der Waals surface area contributed by atoms with E-state index in [1.165, 1.54) is 5.57 Å². The van der Waals surface area contributed by atoms with Gasteiger partial charge in [-0.3, -0.25) is 0 Å². The van der Waals surface area contributed by atoms with Crippen molar-refractivity contribution in [3.05, 3.63) is 35.5 Å². The number of rotatable bonds is 4. The zero-order valence-electron chi connectivity index (χ0n) is 11.5. The zero-order valence-corrected chi connectivity index (χ0v) is 11.5. The number of piperidine rings is 1. The van der Waals surface area contributed by atoms with Crippen LogP contribution in [0.2, 0.25) is 0 Å². The molecule has 1 heterocycles. The summed E-state index contributed by atoms with van der Waals surface area (Å²) in [6, 6.07) is 2.38. The molecule has 0 spiro atoms. The van der Waals surface area contributed by atoms with Crippen LogP contribution in [0.3, 0.4) is 0 Å². The van der Waals surface area contributed by atoms with Gasteiger partial charge in [0.25, 0.3) is 0 Å². The van der Waals surface area contributed by atoms with Crippen LogP contribution in [0.5, 0.6) is 0 Å². The normalized spacial score (nSPS) is 21.5. The summed E-state index contributed by atoms with van der Waals surface area (Å²) < 4.78 is 0. The maximum atomic E-state index is 9.29. The SMILES string of the molecule is N#CC1=C(C2CCN(CCCN)CC2)C=CC=CC1. The molecule has 1 aliphatic heterocycles. The monoisotopic (exact) mass is 257 g/mol. The van der Waals surface area contributed by atoms with Gasteiger partial charge in [0, 0.05) is 12.0 Å². The average Bonchev–Trinajstić information content (AvgIpc) is 2.70. The van der Waals surface area contributed by atoms with Gasteiger partial charge < -0.3 is 10.6 Å². The molecule has 0 saturated carbocycles. The lowest BCUT2D eigenvalue weighted by molar-refractivity contribution is 0.199. The van der Waals surface area contributed by atoms with Gasteiger partial charge in [0.2, 0.25) is 0 Å². The number of nitrogens with two attached hydrogens (primary N) is 1. The van der Waals surface area contributed by atoms with E-state index in [4.69, 9.17) is 5.73 Å². The van der Waals surface area contributed by atoms with Crippen LogP contribution < -0.4 is 5.73 Å². The first-order valence-corrected chi connectivity index (χ1v) is 7.24. The highest BCUT2D eigenvalue weighted by molar-refractivity contribution is 5.41. The molecule has 2 rings (SSSR count). The third kappa shape index (κ3) is 3.79. The lowest BCUT2D eigenvalue weighted by Gasteiger charge is -2.32. The topological polar surface area (TPSA) is 53.0 Å². The maximum absolute atomic E-state index is 9.29. The molecule has 102 valence electrons. The Morgan fingerprint density at radius 3 is 2.79 bits per heavy atom. The van der Waals surface area contributed by atoms with E-state index in [2.05, 4.69) is 29.2 Å². The largest absolute Gasteiger partial charge is 0.330 e. The van der Waals surface area contributed by atoms with Crippen molar-refractivity contribution in [1.82, 2.24) is 4.90 Å². The Labute approximate surface area is 116 Å². The zero-order chi connectivity index (χ0) is 13.5. The summed E-state index contributed by atoms with van der Waals surface area (Å²) in [6.45, 7) is 4.16. The minimum atomic E-state index is 0.555. The van der Waals surface area contributed by atoms with E-state index in [0.29, 0.717) is 5.92 Å². The fraction of sp³-hybridized carbons (Fsp3) is 0.562. The quantitative estimate of drug-likeness (QED) is 0.841. The van der Waals surface area contributed by atoms with Gasteiger partial charge in [-0.1, -0.05) is 24.3 Å². The summed E-state index contributed by atoms with van der Waals surface area (Å²) in [7, 11) is 0. The van der Waals surface area contributed by atoms with Gasteiger partial charge in [-0.25, -0.2) is 0 Å². The second-order valence-electron chi connectivity index (χ2n) is 5.30. The molecular formula is C16H23N3. The van der Waals surface area contributed by atoms with Crippen LogP contribution >= 0.6 is 0 Å². The second-order valence-corrected chi connectivity index (χ2v) is 5.30. The molecule has 0 aromatic carbocycles. The van der Waals surface area contributed by atoms with Crippen molar-refractivity contribution in [1.29, 1.82) is 5.26 Å². The van der Waals surface area contributed by atoms with Gasteiger partial charge in [0.1, 0.15) is 0 Å². The Morgan fingerprint density at radius 2 is 2.11 bits per heavy atom. The molecule has 1 fully saturated rings. The van der Waals surface area contributed by atoms with Crippen molar-refractivity contribution in [3.63, 3.8) is 0 Å². The van der Waals surface area contributed by atoms with Gasteiger partial charge in [0.05, 0.1) is 6.07 Å². The predicted octanol–water partition coefficient (Wildman–Crippen LogP) is 2.38. The third-order valence-electron chi connectivity index (χ3n) is 4.03. The fourth-order valence-electron chi connectivity index (χ4n) is 2.92. The number of nitriles is 1. The molecular weight excluding hydrogens is 234 g/mol. The van der Waals surface area contributed by atoms with Crippen molar-refractivity contribution < 1.29 is 0 Å². The minimum Gasteiger partial charge on any atom is -0.330 e. The predicted molar refractivity (Wildman–Crippen MR) is 78.4 cm³/mol. The van der Waals surface area contributed by atoms with E-state index in [1.807, 2.05) is 6.08 Å².